The van der Waals surface area contributed by atoms with Crippen LogP contribution in [-0.2, 0) is 46.3 Å². The minimum absolute atomic E-state index is 0.0424. The summed E-state index contributed by atoms with van der Waals surface area (Å²) in [5.74, 6) is -6.56. The number of ketones is 3. The molecule has 0 radical (unpaired) electrons. The molecule has 11 atom stereocenters. The Labute approximate surface area is 356 Å². The lowest BCUT2D eigenvalue weighted by molar-refractivity contribution is -0.278. The van der Waals surface area contributed by atoms with E-state index in [1.54, 1.807) is 0 Å². The van der Waals surface area contributed by atoms with E-state index in [2.05, 4.69) is 5.32 Å². The van der Waals surface area contributed by atoms with Gasteiger partial charge in [-0.2, -0.15) is 0 Å². The first kappa shape index (κ1) is 45.0. The maximum atomic E-state index is 13.9. The Morgan fingerprint density at radius 1 is 0.873 bits per heavy atom. The molecule has 2 saturated heterocycles. The van der Waals surface area contributed by atoms with E-state index < -0.39 is 138 Å². The second-order valence-electron chi connectivity index (χ2n) is 15.6. The second kappa shape index (κ2) is 17.3. The smallest absolute Gasteiger partial charge is 0.407 e. The van der Waals surface area contributed by atoms with Gasteiger partial charge in [-0.15, -0.1) is 0 Å². The molecule has 2 aliphatic heterocycles. The molecule has 2 heterocycles. The molecule has 1 amide bonds. The van der Waals surface area contributed by atoms with Gasteiger partial charge in [0, 0.05) is 36.0 Å². The summed E-state index contributed by atoms with van der Waals surface area (Å²) in [6, 6.07) is 8.46. The number of hydrogen-bond acceptors (Lipinski definition) is 19. The fraction of sp³-hybridized carbons (Fsp3) is 0.429. The normalized spacial score (nSPS) is 30.0. The van der Waals surface area contributed by atoms with Crippen molar-refractivity contribution < 1.29 is 98.0 Å². The van der Waals surface area contributed by atoms with Gasteiger partial charge in [0.15, 0.2) is 24.0 Å². The molecule has 0 spiro atoms. The van der Waals surface area contributed by atoms with E-state index in [9.17, 15) is 69.6 Å². The number of carbonyl (C=O) groups excluding carboxylic acids is 5. The Hall–Kier alpha value is -6.04. The Morgan fingerprint density at radius 2 is 1.56 bits per heavy atom. The molecule has 0 aromatic heterocycles. The van der Waals surface area contributed by atoms with Crippen molar-refractivity contribution in [1.82, 2.24) is 5.32 Å². The number of methoxy groups -OCH3 is 1. The average Bonchev–Trinajstić information content (AvgIpc) is 3.24. The number of rotatable bonds is 10. The quantitative estimate of drug-likeness (QED) is 0.0750. The highest BCUT2D eigenvalue weighted by molar-refractivity contribution is 6.31. The molecule has 2 fully saturated rings. The van der Waals surface area contributed by atoms with E-state index in [0.29, 0.717) is 5.56 Å². The summed E-state index contributed by atoms with van der Waals surface area (Å²) >= 11 is 0. The van der Waals surface area contributed by atoms with Crippen LogP contribution in [0.4, 0.5) is 4.79 Å². The lowest BCUT2D eigenvalue weighted by Gasteiger charge is -2.42. The van der Waals surface area contributed by atoms with Crippen LogP contribution in [0.3, 0.4) is 0 Å². The van der Waals surface area contributed by atoms with Crippen LogP contribution in [0.5, 0.6) is 17.2 Å². The Balaban J connectivity index is 1.04. The summed E-state index contributed by atoms with van der Waals surface area (Å²) in [6.07, 6.45) is -17.2. The predicted molar refractivity (Wildman–Crippen MR) is 206 cm³/mol. The van der Waals surface area contributed by atoms with Crippen molar-refractivity contribution in [2.45, 2.75) is 107 Å². The highest BCUT2D eigenvalue weighted by Gasteiger charge is 2.51. The van der Waals surface area contributed by atoms with Crippen molar-refractivity contribution >= 4 is 35.4 Å². The van der Waals surface area contributed by atoms with Crippen LogP contribution in [0.2, 0.25) is 0 Å². The van der Waals surface area contributed by atoms with Gasteiger partial charge in [0.2, 0.25) is 12.1 Å². The monoisotopic (exact) mass is 881 g/mol. The van der Waals surface area contributed by atoms with E-state index in [1.165, 1.54) is 56.5 Å². The molecule has 0 bridgehead atoms. The topological polar surface area (TPSA) is 332 Å². The molecule has 7 rings (SSSR count). The number of esters is 1. The second-order valence-corrected chi connectivity index (χ2v) is 15.6. The first-order valence-corrected chi connectivity index (χ1v) is 19.5. The molecule has 0 saturated carbocycles. The number of fused-ring (bicyclic) bond motifs is 3. The van der Waals surface area contributed by atoms with E-state index in [4.69, 9.17) is 28.4 Å². The molecule has 336 valence electrons. The van der Waals surface area contributed by atoms with Gasteiger partial charge in [-0.05, 0) is 37.6 Å². The summed E-state index contributed by atoms with van der Waals surface area (Å²) in [6.45, 7) is 2.23. The van der Waals surface area contributed by atoms with E-state index in [0.717, 1.165) is 6.92 Å². The summed E-state index contributed by atoms with van der Waals surface area (Å²) in [7, 11) is 1.29. The molecular formula is C42H43NO20. The number of alkyl carbamates (subject to hydrolysis) is 1. The fourth-order valence-electron chi connectivity index (χ4n) is 8.17. The summed E-state index contributed by atoms with van der Waals surface area (Å²) in [5, 5.41) is 87.6. The van der Waals surface area contributed by atoms with Crippen LogP contribution in [0.15, 0.2) is 42.5 Å². The number of Topliss-reactive ketones (excluding diaryl/α,β-unsaturated/α-hetero) is 1. The molecule has 0 unspecified atom stereocenters. The number of carboxylic acid groups (broad SMARTS) is 1. The minimum atomic E-state index is -2.18. The maximum absolute atomic E-state index is 13.9. The third-order valence-electron chi connectivity index (χ3n) is 11.7. The lowest BCUT2D eigenvalue weighted by Crippen LogP contribution is -2.60. The number of hydrogen-bond donors (Lipinski definition) is 9. The SMILES string of the molecule is COc1cccc2c1C(=O)c1c(O)c3c(c(O)c1C2=O)C[C@@](O)(C(C)=O)C[C@@H]3O[C@H]1C[C@H](NC(=O)OCc2ccc(C(=O)O[C@@H]3O[C@H](C(=O)O)[C@@H](O)[C@H](O)[C@H]3O)cc2)[C@H](O)[C@H](C)O1. The summed E-state index contributed by atoms with van der Waals surface area (Å²) in [5.41, 5.74) is -3.62. The van der Waals surface area contributed by atoms with Crippen molar-refractivity contribution in [2.75, 3.05) is 7.11 Å². The Morgan fingerprint density at radius 3 is 2.21 bits per heavy atom. The van der Waals surface area contributed by atoms with Crippen LogP contribution >= 0.6 is 0 Å². The fourth-order valence-corrected chi connectivity index (χ4v) is 8.17. The van der Waals surface area contributed by atoms with Crippen molar-refractivity contribution in [1.29, 1.82) is 0 Å². The number of phenolic OH excluding ortho intramolecular Hbond substituents is 2. The van der Waals surface area contributed by atoms with Crippen molar-refractivity contribution in [3.05, 3.63) is 87.0 Å². The van der Waals surface area contributed by atoms with Crippen LogP contribution < -0.4 is 10.1 Å². The largest absolute Gasteiger partial charge is 0.507 e. The molecule has 21 heteroatoms. The molecule has 2 aliphatic carbocycles. The number of benzene rings is 3. The van der Waals surface area contributed by atoms with E-state index in [-0.39, 0.29) is 46.6 Å². The number of ether oxygens (including phenoxy) is 6. The van der Waals surface area contributed by atoms with Crippen LogP contribution in [-0.4, -0.2) is 144 Å². The molecule has 3 aromatic rings. The highest BCUT2D eigenvalue weighted by Crippen LogP contribution is 2.52. The summed E-state index contributed by atoms with van der Waals surface area (Å²) < 4.78 is 32.7. The number of aliphatic hydroxyl groups is 5. The summed E-state index contributed by atoms with van der Waals surface area (Å²) in [4.78, 5) is 77.6. The first-order chi connectivity index (χ1) is 29.8. The predicted octanol–water partition coefficient (Wildman–Crippen LogP) is 0.0456. The third-order valence-corrected chi connectivity index (χ3v) is 11.7. The number of aliphatic hydroxyl groups excluding tert-OH is 4. The van der Waals surface area contributed by atoms with Gasteiger partial charge in [0.05, 0.1) is 47.6 Å². The van der Waals surface area contributed by atoms with Gasteiger partial charge in [0.25, 0.3) is 0 Å². The van der Waals surface area contributed by atoms with Crippen LogP contribution in [0.25, 0.3) is 0 Å². The van der Waals surface area contributed by atoms with Gasteiger partial charge in [-0.3, -0.25) is 14.4 Å². The van der Waals surface area contributed by atoms with Gasteiger partial charge in [-0.25, -0.2) is 14.4 Å². The Kier molecular flexibility index (Phi) is 12.3. The van der Waals surface area contributed by atoms with E-state index in [1.807, 2.05) is 0 Å². The zero-order chi connectivity index (χ0) is 45.8. The van der Waals surface area contributed by atoms with Gasteiger partial charge in [-0.1, -0.05) is 24.3 Å². The van der Waals surface area contributed by atoms with Crippen molar-refractivity contribution in [3.63, 3.8) is 0 Å². The van der Waals surface area contributed by atoms with Crippen LogP contribution in [0.1, 0.15) is 91.7 Å². The number of amides is 1. The Bertz CT molecular complexity index is 2370. The molecule has 9 N–H and O–H groups in total. The number of nitrogens with one attached hydrogen (secondary N) is 1. The standard InChI is InChI=1S/C42H43NO20/c1-15-29(45)21(43-41(56)59-14-17-7-9-18(10-8-17)39(55)63-40-36(52)34(50)35(51)37(62-40)38(53)54)11-24(60-15)61-23-13-42(57,16(2)44)12-20-26(23)33(49)28-27(31(20)47)30(46)19-5-4-6-22(58-3)25(19)32(28)48/h4-10,15,21,23-24,29,34-37,40,45,47,49-52,57H,11-14H2,1-3H3,(H,43,56)(H,53,54)/t15-,21-,23-,24-,29+,34-,35-,36+,37-,40-,42-/m0/s1. The van der Waals surface area contributed by atoms with Crippen LogP contribution in [0, 0.1) is 0 Å². The first-order valence-electron chi connectivity index (χ1n) is 19.5. The van der Waals surface area contributed by atoms with Gasteiger partial charge in [0.1, 0.15) is 53.9 Å². The number of phenols is 2. The number of aliphatic carboxylic acids is 1. The molecule has 3 aromatic carbocycles. The zero-order valence-corrected chi connectivity index (χ0v) is 33.6. The number of carbonyl (C=O) groups is 6. The van der Waals surface area contributed by atoms with Gasteiger partial charge < -0.3 is 74.6 Å². The number of carboxylic acids is 1. The van der Waals surface area contributed by atoms with Crippen molar-refractivity contribution in [2.24, 2.45) is 0 Å². The molecule has 4 aliphatic rings. The lowest BCUT2D eigenvalue weighted by atomic mass is 9.72. The highest BCUT2D eigenvalue weighted by atomic mass is 16.7. The minimum Gasteiger partial charge on any atom is -0.507 e. The number of aromatic hydroxyl groups is 2. The van der Waals surface area contributed by atoms with Crippen molar-refractivity contribution in [3.8, 4) is 17.2 Å². The molecule has 21 nitrogen and oxygen atoms in total. The van der Waals surface area contributed by atoms with E-state index >= 15 is 0 Å². The zero-order valence-electron chi connectivity index (χ0n) is 33.6. The van der Waals surface area contributed by atoms with Gasteiger partial charge >= 0.3 is 18.0 Å². The molecule has 63 heavy (non-hydrogen) atoms. The molecular weight excluding hydrogens is 838 g/mol. The third kappa shape index (κ3) is 8.20. The average molecular weight is 882 g/mol. The maximum Gasteiger partial charge on any atom is 0.407 e.